The van der Waals surface area contributed by atoms with E-state index in [1.807, 2.05) is 16.3 Å². The molecule has 2 aliphatic rings. The largest absolute Gasteiger partial charge is 0.375 e. The van der Waals surface area contributed by atoms with Gasteiger partial charge >= 0.3 is 0 Å². The van der Waals surface area contributed by atoms with Gasteiger partial charge < -0.3 is 9.64 Å². The number of likely N-dealkylation sites (tertiary alicyclic amines) is 1. The van der Waals surface area contributed by atoms with E-state index in [-0.39, 0.29) is 12.0 Å². The van der Waals surface area contributed by atoms with Crippen LogP contribution in [0.4, 0.5) is 0 Å². The molecule has 2 fully saturated rings. The van der Waals surface area contributed by atoms with Gasteiger partial charge in [-0.2, -0.15) is 0 Å². The number of rotatable bonds is 3. The third-order valence-electron chi connectivity index (χ3n) is 4.79. The number of fused-ring (bicyclic) bond motifs is 1. The molecule has 0 aliphatic carbocycles. The van der Waals surface area contributed by atoms with E-state index < -0.39 is 0 Å². The van der Waals surface area contributed by atoms with Crippen LogP contribution in [-0.2, 0) is 11.3 Å². The average molecular weight is 343 g/mol. The van der Waals surface area contributed by atoms with Gasteiger partial charge in [-0.05, 0) is 5.56 Å². The number of nitrogens with zero attached hydrogens (tertiary/aromatic N) is 3. The minimum absolute atomic E-state index is 0.0296. The first-order valence-electron chi connectivity index (χ1n) is 8.35. The van der Waals surface area contributed by atoms with Gasteiger partial charge in [0.15, 0.2) is 0 Å². The van der Waals surface area contributed by atoms with Crippen molar-refractivity contribution in [3.05, 3.63) is 52.5 Å². The monoisotopic (exact) mass is 343 g/mol. The maximum absolute atomic E-state index is 12.6. The van der Waals surface area contributed by atoms with E-state index >= 15 is 0 Å². The Labute approximate surface area is 145 Å². The Morgan fingerprint density at radius 3 is 2.92 bits per heavy atom. The van der Waals surface area contributed by atoms with E-state index in [4.69, 9.17) is 4.74 Å². The number of ether oxygens (including phenoxy) is 1. The molecule has 4 rings (SSSR count). The molecule has 0 bridgehead atoms. The fourth-order valence-corrected chi connectivity index (χ4v) is 4.14. The molecule has 6 heteroatoms. The maximum atomic E-state index is 12.6. The number of carbonyl (C=O) groups excluding carboxylic acids is 1. The first-order chi connectivity index (χ1) is 11.8. The number of amides is 1. The van der Waals surface area contributed by atoms with Gasteiger partial charge in [-0.25, -0.2) is 4.98 Å². The average Bonchev–Trinajstić information content (AvgIpc) is 3.21. The summed E-state index contributed by atoms with van der Waals surface area (Å²) in [4.78, 5) is 21.1. The summed E-state index contributed by atoms with van der Waals surface area (Å²) in [5.74, 6) is 0.404. The van der Waals surface area contributed by atoms with Crippen LogP contribution in [0.3, 0.4) is 0 Å². The van der Waals surface area contributed by atoms with Crippen LogP contribution in [0.5, 0.6) is 0 Å². The molecule has 24 heavy (non-hydrogen) atoms. The molecule has 2 saturated heterocycles. The summed E-state index contributed by atoms with van der Waals surface area (Å²) in [6.45, 7) is 4.88. The highest BCUT2D eigenvalue weighted by Gasteiger charge is 2.37. The zero-order valence-corrected chi connectivity index (χ0v) is 14.3. The Kier molecular flexibility index (Phi) is 4.60. The molecule has 3 heterocycles. The molecule has 5 nitrogen and oxygen atoms in total. The van der Waals surface area contributed by atoms with Gasteiger partial charge in [-0.1, -0.05) is 30.3 Å². The summed E-state index contributed by atoms with van der Waals surface area (Å²) < 4.78 is 6.04. The summed E-state index contributed by atoms with van der Waals surface area (Å²) in [6.07, 6.45) is 0.224. The van der Waals surface area contributed by atoms with Gasteiger partial charge in [0, 0.05) is 44.0 Å². The highest BCUT2D eigenvalue weighted by molar-refractivity contribution is 7.07. The van der Waals surface area contributed by atoms with Crippen LogP contribution in [0.2, 0.25) is 0 Å². The number of benzene rings is 1. The van der Waals surface area contributed by atoms with Crippen molar-refractivity contribution < 1.29 is 9.53 Å². The molecule has 2 aliphatic heterocycles. The van der Waals surface area contributed by atoms with Crippen LogP contribution < -0.4 is 0 Å². The van der Waals surface area contributed by atoms with Crippen molar-refractivity contribution >= 4 is 17.2 Å². The van der Waals surface area contributed by atoms with Gasteiger partial charge in [0.25, 0.3) is 5.91 Å². The van der Waals surface area contributed by atoms with Crippen molar-refractivity contribution in [3.63, 3.8) is 0 Å². The van der Waals surface area contributed by atoms with E-state index in [1.165, 1.54) is 16.9 Å². The first-order valence-corrected chi connectivity index (χ1v) is 9.29. The second kappa shape index (κ2) is 7.01. The number of hydrogen-bond donors (Lipinski definition) is 0. The smallest absolute Gasteiger partial charge is 0.273 e. The first kappa shape index (κ1) is 15.7. The minimum Gasteiger partial charge on any atom is -0.375 e. The second-order valence-corrected chi connectivity index (χ2v) is 7.19. The Hall–Kier alpha value is -1.76. The normalized spacial score (nSPS) is 24.6. The number of aromatic nitrogens is 1. The van der Waals surface area contributed by atoms with Crippen LogP contribution in [-0.4, -0.2) is 59.6 Å². The van der Waals surface area contributed by atoms with E-state index in [9.17, 15) is 4.79 Å². The van der Waals surface area contributed by atoms with Crippen molar-refractivity contribution in [2.45, 2.75) is 12.6 Å². The van der Waals surface area contributed by atoms with Gasteiger partial charge in [-0.15, -0.1) is 11.3 Å². The van der Waals surface area contributed by atoms with Crippen LogP contribution in [0.15, 0.2) is 41.2 Å². The van der Waals surface area contributed by atoms with E-state index in [0.717, 1.165) is 26.2 Å². The second-order valence-electron chi connectivity index (χ2n) is 6.47. The SMILES string of the molecule is O=C(c1cscn1)N1CCO[C@H]2CN(Cc3ccccc3)C[C@H]2C1. The predicted octanol–water partition coefficient (Wildman–Crippen LogP) is 2.12. The summed E-state index contributed by atoms with van der Waals surface area (Å²) in [7, 11) is 0. The topological polar surface area (TPSA) is 45.7 Å². The molecule has 2 aromatic rings. The van der Waals surface area contributed by atoms with Crippen molar-refractivity contribution in [1.29, 1.82) is 0 Å². The molecular weight excluding hydrogens is 322 g/mol. The molecule has 2 atom stereocenters. The highest BCUT2D eigenvalue weighted by atomic mass is 32.1. The highest BCUT2D eigenvalue weighted by Crippen LogP contribution is 2.25. The Balaban J connectivity index is 1.41. The van der Waals surface area contributed by atoms with Crippen molar-refractivity contribution in [3.8, 4) is 0 Å². The fourth-order valence-electron chi connectivity index (χ4n) is 3.62. The quantitative estimate of drug-likeness (QED) is 0.856. The molecular formula is C18H21N3O2S. The standard InChI is InChI=1S/C18H21N3O2S/c22-18(16-12-24-13-19-16)21-6-7-23-17-11-20(9-15(17)10-21)8-14-4-2-1-3-5-14/h1-5,12-13,15,17H,6-11H2/t15-,17-/m0/s1. The molecule has 1 aromatic carbocycles. The van der Waals surface area contributed by atoms with Gasteiger partial charge in [-0.3, -0.25) is 9.69 Å². The lowest BCUT2D eigenvalue weighted by atomic mass is 10.1. The lowest BCUT2D eigenvalue weighted by molar-refractivity contribution is 0.0501. The van der Waals surface area contributed by atoms with E-state index in [1.54, 1.807) is 5.51 Å². The van der Waals surface area contributed by atoms with Gasteiger partial charge in [0.1, 0.15) is 5.69 Å². The molecule has 1 aromatic heterocycles. The van der Waals surface area contributed by atoms with Gasteiger partial charge in [0.2, 0.25) is 0 Å². The Morgan fingerprint density at radius 2 is 2.12 bits per heavy atom. The lowest BCUT2D eigenvalue weighted by Crippen LogP contribution is -2.37. The molecule has 126 valence electrons. The molecule has 0 radical (unpaired) electrons. The van der Waals surface area contributed by atoms with Crippen LogP contribution in [0.25, 0.3) is 0 Å². The zero-order valence-electron chi connectivity index (χ0n) is 13.5. The zero-order chi connectivity index (χ0) is 16.4. The third kappa shape index (κ3) is 3.36. The van der Waals surface area contributed by atoms with Crippen LogP contribution >= 0.6 is 11.3 Å². The minimum atomic E-state index is 0.0296. The third-order valence-corrected chi connectivity index (χ3v) is 5.38. The molecule has 0 spiro atoms. The molecule has 1 amide bonds. The number of thiazole rings is 1. The Morgan fingerprint density at radius 1 is 1.25 bits per heavy atom. The molecule has 0 N–H and O–H groups in total. The maximum Gasteiger partial charge on any atom is 0.273 e. The fraction of sp³-hybridized carbons (Fsp3) is 0.444. The van der Waals surface area contributed by atoms with Crippen LogP contribution in [0, 0.1) is 5.92 Å². The molecule has 0 unspecified atom stereocenters. The summed E-state index contributed by atoms with van der Waals surface area (Å²) in [6, 6.07) is 10.5. The Bertz CT molecular complexity index is 677. The number of carbonyl (C=O) groups is 1. The summed E-state index contributed by atoms with van der Waals surface area (Å²) in [5.41, 5.74) is 3.59. The predicted molar refractivity (Wildman–Crippen MR) is 93.0 cm³/mol. The van der Waals surface area contributed by atoms with E-state index in [0.29, 0.717) is 24.8 Å². The summed E-state index contributed by atoms with van der Waals surface area (Å²) >= 11 is 1.46. The van der Waals surface area contributed by atoms with Gasteiger partial charge in [0.05, 0.1) is 18.2 Å². The van der Waals surface area contributed by atoms with Crippen molar-refractivity contribution in [2.24, 2.45) is 5.92 Å². The lowest BCUT2D eigenvalue weighted by Gasteiger charge is -2.23. The van der Waals surface area contributed by atoms with E-state index in [2.05, 4.69) is 34.1 Å². The number of hydrogen-bond acceptors (Lipinski definition) is 5. The molecule has 0 saturated carbocycles. The summed E-state index contributed by atoms with van der Waals surface area (Å²) in [5, 5.41) is 1.82. The van der Waals surface area contributed by atoms with Crippen LogP contribution in [0.1, 0.15) is 16.1 Å². The van der Waals surface area contributed by atoms with Crippen molar-refractivity contribution in [2.75, 3.05) is 32.8 Å². The van der Waals surface area contributed by atoms with Crippen molar-refractivity contribution in [1.82, 2.24) is 14.8 Å².